The fourth-order valence-electron chi connectivity index (χ4n) is 1.33. The van der Waals surface area contributed by atoms with E-state index in [1.165, 1.54) is 12.1 Å². The Morgan fingerprint density at radius 1 is 1.15 bits per heavy atom. The van der Waals surface area contributed by atoms with Crippen LogP contribution >= 0.6 is 0 Å². The first-order valence-corrected chi connectivity index (χ1v) is 7.54. The monoisotopic (exact) mass is 300 g/mol. The molecule has 0 radical (unpaired) electrons. The predicted octanol–water partition coefficient (Wildman–Crippen LogP) is -0.928. The topological polar surface area (TPSA) is 130 Å². The molecule has 0 aliphatic carbocycles. The fourth-order valence-corrected chi connectivity index (χ4v) is 1.90. The number of carbonyl (C=O) groups is 2. The lowest BCUT2D eigenvalue weighted by Crippen LogP contribution is -2.36. The number of rotatable bonds is 6. The summed E-state index contributed by atoms with van der Waals surface area (Å²) in [7, 11) is -3.45. The van der Waals surface area contributed by atoms with Gasteiger partial charge in [0.05, 0.1) is 30.7 Å². The molecule has 0 atom stereocenters. The van der Waals surface area contributed by atoms with Crippen LogP contribution in [0.25, 0.3) is 0 Å². The Balaban J connectivity index is 2.72. The molecule has 0 fully saturated rings. The highest BCUT2D eigenvalue weighted by Gasteiger charge is 2.10. The van der Waals surface area contributed by atoms with Crippen molar-refractivity contribution < 1.29 is 18.0 Å². The van der Waals surface area contributed by atoms with E-state index in [-0.39, 0.29) is 18.8 Å². The molecule has 0 aliphatic heterocycles. The van der Waals surface area contributed by atoms with Crippen LogP contribution in [0.2, 0.25) is 0 Å². The number of nitrogens with one attached hydrogen (secondary N) is 3. The number of benzene rings is 1. The smallest absolute Gasteiger partial charge is 0.243 e. The number of hydrogen-bond donors (Lipinski definition) is 4. The second-order valence-corrected chi connectivity index (χ2v) is 5.70. The van der Waals surface area contributed by atoms with Crippen molar-refractivity contribution in [2.24, 2.45) is 5.73 Å². The number of anilines is 2. The molecular weight excluding hydrogens is 284 g/mol. The van der Waals surface area contributed by atoms with E-state index >= 15 is 0 Å². The van der Waals surface area contributed by atoms with Gasteiger partial charge >= 0.3 is 0 Å². The minimum Gasteiger partial charge on any atom is -0.346 e. The average molecular weight is 300 g/mol. The Bertz CT molecular complexity index is 600. The predicted molar refractivity (Wildman–Crippen MR) is 75.6 cm³/mol. The van der Waals surface area contributed by atoms with Crippen LogP contribution in [-0.2, 0) is 19.6 Å². The van der Waals surface area contributed by atoms with Gasteiger partial charge in [-0.05, 0) is 12.1 Å². The Hall–Kier alpha value is -2.13. The summed E-state index contributed by atoms with van der Waals surface area (Å²) >= 11 is 0. The maximum absolute atomic E-state index is 11.6. The number of para-hydroxylation sites is 2. The van der Waals surface area contributed by atoms with E-state index in [0.717, 1.165) is 6.26 Å². The minimum atomic E-state index is -3.45. The van der Waals surface area contributed by atoms with Gasteiger partial charge in [0.2, 0.25) is 21.8 Å². The van der Waals surface area contributed by atoms with Crippen molar-refractivity contribution in [3.05, 3.63) is 24.3 Å². The lowest BCUT2D eigenvalue weighted by molar-refractivity contribution is -0.123. The van der Waals surface area contributed by atoms with Crippen LogP contribution < -0.4 is 21.1 Å². The molecular formula is C11H16N4O4S. The summed E-state index contributed by atoms with van der Waals surface area (Å²) in [6.45, 7) is -0.456. The van der Waals surface area contributed by atoms with Gasteiger partial charge in [0.15, 0.2) is 0 Å². The second-order valence-electron chi connectivity index (χ2n) is 3.95. The van der Waals surface area contributed by atoms with Gasteiger partial charge < -0.3 is 16.4 Å². The van der Waals surface area contributed by atoms with Gasteiger partial charge in [0.1, 0.15) is 0 Å². The van der Waals surface area contributed by atoms with Crippen molar-refractivity contribution in [1.29, 1.82) is 0 Å². The van der Waals surface area contributed by atoms with E-state index in [1.54, 1.807) is 12.1 Å². The zero-order valence-corrected chi connectivity index (χ0v) is 11.7. The molecule has 8 nitrogen and oxygen atoms in total. The van der Waals surface area contributed by atoms with Gasteiger partial charge in [0, 0.05) is 0 Å². The molecule has 0 aromatic heterocycles. The summed E-state index contributed by atoms with van der Waals surface area (Å²) in [6.07, 6.45) is 1.01. The van der Waals surface area contributed by atoms with E-state index in [0.29, 0.717) is 5.69 Å². The molecule has 1 aromatic rings. The number of amides is 2. The van der Waals surface area contributed by atoms with E-state index in [4.69, 9.17) is 5.73 Å². The molecule has 0 unspecified atom stereocenters. The molecule has 1 aromatic carbocycles. The summed E-state index contributed by atoms with van der Waals surface area (Å²) in [6, 6.07) is 6.31. The van der Waals surface area contributed by atoms with Crippen LogP contribution in [0.3, 0.4) is 0 Å². The Labute approximate surface area is 116 Å². The van der Waals surface area contributed by atoms with Crippen molar-refractivity contribution in [2.45, 2.75) is 0 Å². The third-order valence-electron chi connectivity index (χ3n) is 2.13. The molecule has 5 N–H and O–H groups in total. The summed E-state index contributed by atoms with van der Waals surface area (Å²) in [5, 5.41) is 4.80. The Morgan fingerprint density at radius 2 is 1.75 bits per heavy atom. The van der Waals surface area contributed by atoms with Crippen LogP contribution in [0.5, 0.6) is 0 Å². The van der Waals surface area contributed by atoms with E-state index in [2.05, 4.69) is 15.4 Å². The van der Waals surface area contributed by atoms with Crippen molar-refractivity contribution in [3.63, 3.8) is 0 Å². The molecule has 0 aliphatic rings. The van der Waals surface area contributed by atoms with Crippen LogP contribution in [0.15, 0.2) is 24.3 Å². The molecule has 110 valence electrons. The van der Waals surface area contributed by atoms with Gasteiger partial charge in [-0.15, -0.1) is 0 Å². The third kappa shape index (κ3) is 5.67. The standard InChI is InChI=1S/C11H16N4O4S/c1-20(18,19)15-9-5-3-2-4-8(9)14-11(17)7-13-10(16)6-12/h2-5,15H,6-7,12H2,1H3,(H,13,16)(H,14,17). The van der Waals surface area contributed by atoms with Crippen molar-refractivity contribution in [1.82, 2.24) is 5.32 Å². The second kappa shape index (κ2) is 6.87. The number of carbonyl (C=O) groups excluding carboxylic acids is 2. The summed E-state index contributed by atoms with van der Waals surface area (Å²) in [4.78, 5) is 22.5. The highest BCUT2D eigenvalue weighted by Crippen LogP contribution is 2.21. The molecule has 0 spiro atoms. The maximum Gasteiger partial charge on any atom is 0.243 e. The van der Waals surface area contributed by atoms with Gasteiger partial charge in [-0.2, -0.15) is 0 Å². The van der Waals surface area contributed by atoms with E-state index < -0.39 is 21.8 Å². The lowest BCUT2D eigenvalue weighted by Gasteiger charge is -2.12. The van der Waals surface area contributed by atoms with Gasteiger partial charge in [-0.3, -0.25) is 14.3 Å². The number of nitrogens with two attached hydrogens (primary N) is 1. The normalized spacial score (nSPS) is 10.7. The molecule has 0 bridgehead atoms. The third-order valence-corrected chi connectivity index (χ3v) is 2.72. The van der Waals surface area contributed by atoms with Crippen molar-refractivity contribution >= 4 is 33.2 Å². The Kier molecular flexibility index (Phi) is 5.47. The Morgan fingerprint density at radius 3 is 2.30 bits per heavy atom. The fraction of sp³-hybridized carbons (Fsp3) is 0.273. The molecule has 2 amide bonds. The molecule has 0 saturated carbocycles. The van der Waals surface area contributed by atoms with Crippen LogP contribution in [0.1, 0.15) is 0 Å². The quantitative estimate of drug-likeness (QED) is 0.539. The lowest BCUT2D eigenvalue weighted by atomic mass is 10.2. The minimum absolute atomic E-state index is 0.209. The van der Waals surface area contributed by atoms with Crippen LogP contribution in [0, 0.1) is 0 Å². The summed E-state index contributed by atoms with van der Waals surface area (Å²) < 4.78 is 24.7. The molecule has 9 heteroatoms. The van der Waals surface area contributed by atoms with Crippen LogP contribution in [0.4, 0.5) is 11.4 Å². The van der Waals surface area contributed by atoms with Gasteiger partial charge in [-0.1, -0.05) is 12.1 Å². The first-order chi connectivity index (χ1) is 9.31. The van der Waals surface area contributed by atoms with E-state index in [1.807, 2.05) is 0 Å². The van der Waals surface area contributed by atoms with Crippen molar-refractivity contribution in [2.75, 3.05) is 29.4 Å². The molecule has 20 heavy (non-hydrogen) atoms. The molecule has 0 saturated heterocycles. The first-order valence-electron chi connectivity index (χ1n) is 5.65. The average Bonchev–Trinajstić information content (AvgIpc) is 2.36. The zero-order valence-electron chi connectivity index (χ0n) is 10.8. The molecule has 1 rings (SSSR count). The summed E-state index contributed by atoms with van der Waals surface area (Å²) in [5.74, 6) is -0.947. The SMILES string of the molecule is CS(=O)(=O)Nc1ccccc1NC(=O)CNC(=O)CN. The highest BCUT2D eigenvalue weighted by molar-refractivity contribution is 7.92. The van der Waals surface area contributed by atoms with Crippen molar-refractivity contribution in [3.8, 4) is 0 Å². The maximum atomic E-state index is 11.6. The zero-order chi connectivity index (χ0) is 15.2. The largest absolute Gasteiger partial charge is 0.346 e. The molecule has 0 heterocycles. The van der Waals surface area contributed by atoms with E-state index in [9.17, 15) is 18.0 Å². The first kappa shape index (κ1) is 15.9. The van der Waals surface area contributed by atoms with Crippen LogP contribution in [-0.4, -0.2) is 39.6 Å². The summed E-state index contributed by atoms with van der Waals surface area (Å²) in [5.41, 5.74) is 5.62. The number of hydrogen-bond acceptors (Lipinski definition) is 5. The highest BCUT2D eigenvalue weighted by atomic mass is 32.2. The van der Waals surface area contributed by atoms with Gasteiger partial charge in [-0.25, -0.2) is 8.42 Å². The number of sulfonamides is 1. The van der Waals surface area contributed by atoms with Gasteiger partial charge in [0.25, 0.3) is 0 Å².